The molecule has 0 saturated carbocycles. The van der Waals surface area contributed by atoms with Crippen LogP contribution in [0.3, 0.4) is 0 Å². The summed E-state index contributed by atoms with van der Waals surface area (Å²) in [6.45, 7) is 2.03. The van der Waals surface area contributed by atoms with E-state index >= 15 is 0 Å². The van der Waals surface area contributed by atoms with Gasteiger partial charge in [-0.05, 0) is 19.1 Å². The maximum atomic E-state index is 9.30. The molecule has 0 radical (unpaired) electrons. The number of nitrogens with zero attached hydrogens (tertiary/aromatic N) is 2. The molecular weight excluding hydrogens is 260 g/mol. The number of rotatable bonds is 4. The minimum absolute atomic E-state index is 0.239. The van der Waals surface area contributed by atoms with Crippen molar-refractivity contribution in [1.29, 1.82) is 0 Å². The molecule has 0 aliphatic rings. The van der Waals surface area contributed by atoms with Gasteiger partial charge in [0.15, 0.2) is 0 Å². The van der Waals surface area contributed by atoms with Crippen molar-refractivity contribution in [3.8, 4) is 0 Å². The summed E-state index contributed by atoms with van der Waals surface area (Å²) in [5.74, 6) is 0.773. The number of anilines is 1. The molecule has 0 bridgehead atoms. The van der Waals surface area contributed by atoms with Gasteiger partial charge in [0.1, 0.15) is 5.82 Å². The average Bonchev–Trinajstić information content (AvgIpc) is 2.16. The Bertz CT molecular complexity index is 313. The minimum Gasteiger partial charge on any atom is -0.394 e. The molecule has 0 aliphatic heterocycles. The van der Waals surface area contributed by atoms with E-state index in [0.717, 1.165) is 16.0 Å². The Kier molecular flexibility index (Phi) is 4.50. The lowest BCUT2D eigenvalue weighted by atomic mass is 10.3. The van der Waals surface area contributed by atoms with Crippen molar-refractivity contribution in [2.75, 3.05) is 25.1 Å². The minimum atomic E-state index is -0.740. The number of aliphatic hydroxyl groups excluding tert-OH is 2. The van der Waals surface area contributed by atoms with Crippen LogP contribution in [0.2, 0.25) is 0 Å². The summed E-state index contributed by atoms with van der Waals surface area (Å²) in [6, 6.07) is 3.79. The van der Waals surface area contributed by atoms with Crippen molar-refractivity contribution in [3.63, 3.8) is 0 Å². The van der Waals surface area contributed by atoms with E-state index in [1.165, 1.54) is 0 Å². The second kappa shape index (κ2) is 5.44. The molecule has 1 rings (SSSR count). The van der Waals surface area contributed by atoms with Gasteiger partial charge in [-0.1, -0.05) is 15.9 Å². The van der Waals surface area contributed by atoms with Crippen molar-refractivity contribution in [2.45, 2.75) is 13.0 Å². The largest absolute Gasteiger partial charge is 0.394 e. The maximum absolute atomic E-state index is 9.30. The molecule has 0 fully saturated rings. The number of aliphatic hydroxyl groups is 2. The van der Waals surface area contributed by atoms with Crippen LogP contribution >= 0.6 is 15.9 Å². The summed E-state index contributed by atoms with van der Waals surface area (Å²) >= 11 is 3.39. The van der Waals surface area contributed by atoms with Crippen molar-refractivity contribution < 1.29 is 10.2 Å². The van der Waals surface area contributed by atoms with Crippen LogP contribution in [-0.4, -0.2) is 41.5 Å². The fraction of sp³-hybridized carbons (Fsp3) is 0.500. The Morgan fingerprint density at radius 1 is 1.53 bits per heavy atom. The Labute approximate surface area is 97.7 Å². The molecule has 15 heavy (non-hydrogen) atoms. The van der Waals surface area contributed by atoms with Crippen LogP contribution in [0.4, 0.5) is 5.82 Å². The molecule has 84 valence electrons. The first-order chi connectivity index (χ1) is 7.02. The molecular formula is C10H15BrN2O2. The molecule has 5 heteroatoms. The molecule has 0 spiro atoms. The third kappa shape index (κ3) is 3.77. The maximum Gasteiger partial charge on any atom is 0.129 e. The molecule has 0 unspecified atom stereocenters. The van der Waals surface area contributed by atoms with E-state index < -0.39 is 6.10 Å². The molecule has 2 N–H and O–H groups in total. The van der Waals surface area contributed by atoms with Crippen LogP contribution in [-0.2, 0) is 0 Å². The summed E-state index contributed by atoms with van der Waals surface area (Å²) in [4.78, 5) is 6.13. The lowest BCUT2D eigenvalue weighted by Crippen LogP contribution is -2.31. The third-order valence-corrected chi connectivity index (χ3v) is 2.45. The van der Waals surface area contributed by atoms with Gasteiger partial charge in [0.25, 0.3) is 0 Å². The lowest BCUT2D eigenvalue weighted by molar-refractivity contribution is 0.101. The van der Waals surface area contributed by atoms with Crippen LogP contribution < -0.4 is 4.90 Å². The second-order valence-corrected chi connectivity index (χ2v) is 4.42. The number of halogens is 1. The van der Waals surface area contributed by atoms with E-state index in [-0.39, 0.29) is 6.61 Å². The zero-order valence-corrected chi connectivity index (χ0v) is 10.4. The SMILES string of the molecule is Cc1cc(Br)cc(N(C)C[C@H](O)CO)n1. The molecule has 1 atom stereocenters. The van der Waals surface area contributed by atoms with Gasteiger partial charge in [-0.2, -0.15) is 0 Å². The van der Waals surface area contributed by atoms with Crippen molar-refractivity contribution in [1.82, 2.24) is 4.98 Å². The molecule has 1 aromatic rings. The first-order valence-electron chi connectivity index (χ1n) is 4.67. The van der Waals surface area contributed by atoms with Crippen LogP contribution in [0.5, 0.6) is 0 Å². The van der Waals surface area contributed by atoms with Gasteiger partial charge < -0.3 is 15.1 Å². The zero-order valence-electron chi connectivity index (χ0n) is 8.81. The van der Waals surface area contributed by atoms with Gasteiger partial charge in [-0.3, -0.25) is 0 Å². The predicted octanol–water partition coefficient (Wildman–Crippen LogP) is 0.942. The highest BCUT2D eigenvalue weighted by Gasteiger charge is 2.09. The first-order valence-corrected chi connectivity index (χ1v) is 5.46. The number of hydrogen-bond acceptors (Lipinski definition) is 4. The topological polar surface area (TPSA) is 56.6 Å². The predicted molar refractivity (Wildman–Crippen MR) is 63.0 cm³/mol. The third-order valence-electron chi connectivity index (χ3n) is 1.99. The Hall–Kier alpha value is -0.650. The van der Waals surface area contributed by atoms with Crippen molar-refractivity contribution in [3.05, 3.63) is 22.3 Å². The smallest absolute Gasteiger partial charge is 0.129 e. The molecule has 0 amide bonds. The van der Waals surface area contributed by atoms with E-state index in [1.54, 1.807) is 4.90 Å². The van der Waals surface area contributed by atoms with Crippen molar-refractivity contribution >= 4 is 21.7 Å². The zero-order chi connectivity index (χ0) is 11.4. The van der Waals surface area contributed by atoms with E-state index in [9.17, 15) is 5.11 Å². The number of aryl methyl sites for hydroxylation is 1. The summed E-state index contributed by atoms with van der Waals surface area (Å²) in [5, 5.41) is 18.0. The van der Waals surface area contributed by atoms with Gasteiger partial charge in [-0.25, -0.2) is 4.98 Å². The summed E-state index contributed by atoms with van der Waals surface area (Å²) < 4.78 is 0.954. The quantitative estimate of drug-likeness (QED) is 0.858. The molecule has 1 heterocycles. The summed E-state index contributed by atoms with van der Waals surface area (Å²) in [7, 11) is 1.83. The van der Waals surface area contributed by atoms with E-state index in [4.69, 9.17) is 5.11 Å². The Morgan fingerprint density at radius 2 is 2.20 bits per heavy atom. The summed E-state index contributed by atoms with van der Waals surface area (Å²) in [5.41, 5.74) is 0.907. The van der Waals surface area contributed by atoms with E-state index in [1.807, 2.05) is 26.1 Å². The normalized spacial score (nSPS) is 12.6. The highest BCUT2D eigenvalue weighted by atomic mass is 79.9. The number of pyridine rings is 1. The van der Waals surface area contributed by atoms with Crippen LogP contribution in [0.1, 0.15) is 5.69 Å². The standard InChI is InChI=1S/C10H15BrN2O2/c1-7-3-8(11)4-10(12-7)13(2)5-9(15)6-14/h3-4,9,14-15H,5-6H2,1-2H3/t9-/m0/s1. The molecule has 0 aliphatic carbocycles. The average molecular weight is 275 g/mol. The lowest BCUT2D eigenvalue weighted by Gasteiger charge is -2.21. The molecule has 1 aromatic heterocycles. The van der Waals surface area contributed by atoms with Crippen LogP contribution in [0.15, 0.2) is 16.6 Å². The number of aromatic nitrogens is 1. The van der Waals surface area contributed by atoms with Gasteiger partial charge >= 0.3 is 0 Å². The number of likely N-dealkylation sites (N-methyl/N-ethyl adjacent to an activating group) is 1. The van der Waals surface area contributed by atoms with Gasteiger partial charge in [0.2, 0.25) is 0 Å². The fourth-order valence-corrected chi connectivity index (χ4v) is 1.81. The summed E-state index contributed by atoms with van der Waals surface area (Å²) in [6.07, 6.45) is -0.740. The van der Waals surface area contributed by atoms with Crippen molar-refractivity contribution in [2.24, 2.45) is 0 Å². The van der Waals surface area contributed by atoms with Gasteiger partial charge in [0.05, 0.1) is 12.7 Å². The van der Waals surface area contributed by atoms with E-state index in [2.05, 4.69) is 20.9 Å². The second-order valence-electron chi connectivity index (χ2n) is 3.50. The first kappa shape index (κ1) is 12.4. The monoisotopic (exact) mass is 274 g/mol. The number of hydrogen-bond donors (Lipinski definition) is 2. The fourth-order valence-electron chi connectivity index (χ4n) is 1.27. The van der Waals surface area contributed by atoms with Crippen LogP contribution in [0, 0.1) is 6.92 Å². The highest BCUT2D eigenvalue weighted by molar-refractivity contribution is 9.10. The highest BCUT2D eigenvalue weighted by Crippen LogP contribution is 2.18. The van der Waals surface area contributed by atoms with Crippen LogP contribution in [0.25, 0.3) is 0 Å². The van der Waals surface area contributed by atoms with E-state index in [0.29, 0.717) is 6.54 Å². The molecule has 0 aromatic carbocycles. The Balaban J connectivity index is 2.77. The molecule has 0 saturated heterocycles. The van der Waals surface area contributed by atoms with Gasteiger partial charge in [0, 0.05) is 23.8 Å². The molecule has 4 nitrogen and oxygen atoms in total. The Morgan fingerprint density at radius 3 is 2.73 bits per heavy atom. The van der Waals surface area contributed by atoms with Gasteiger partial charge in [-0.15, -0.1) is 0 Å².